The molecule has 7 nitrogen and oxygen atoms in total. The van der Waals surface area contributed by atoms with Crippen molar-refractivity contribution in [2.24, 2.45) is 12.8 Å². The van der Waals surface area contributed by atoms with Crippen LogP contribution in [0.5, 0.6) is 0 Å². The summed E-state index contributed by atoms with van der Waals surface area (Å²) >= 11 is 0. The number of hydrogen-bond acceptors (Lipinski definition) is 6. The molecule has 3 rings (SSSR count). The third kappa shape index (κ3) is 1.73. The molecule has 90 valence electrons. The number of hydrogen-bond donors (Lipinski definition) is 1. The molecule has 1 atom stereocenters. The molecule has 1 saturated heterocycles. The van der Waals surface area contributed by atoms with Gasteiger partial charge in [0.15, 0.2) is 0 Å². The van der Waals surface area contributed by atoms with Gasteiger partial charge in [0, 0.05) is 19.9 Å². The minimum atomic E-state index is -0.645. The molecular weight excluding hydrogens is 222 g/mol. The second kappa shape index (κ2) is 3.64. The van der Waals surface area contributed by atoms with E-state index in [0.29, 0.717) is 31.3 Å². The average molecular weight is 235 g/mol. The fraction of sp³-hybridized carbons (Fsp3) is 0.500. The number of nitrogens with zero attached hydrogens (tertiary/aromatic N) is 4. The van der Waals surface area contributed by atoms with Crippen LogP contribution in [-0.4, -0.2) is 33.1 Å². The molecule has 2 aromatic rings. The van der Waals surface area contributed by atoms with E-state index in [1.54, 1.807) is 10.9 Å². The normalized spacial score (nSPS) is 24.4. The first kappa shape index (κ1) is 10.4. The fourth-order valence-corrected chi connectivity index (χ4v) is 1.83. The monoisotopic (exact) mass is 235 g/mol. The largest absolute Gasteiger partial charge is 0.379 e. The molecule has 1 aliphatic rings. The predicted molar refractivity (Wildman–Crippen MR) is 57.8 cm³/mol. The van der Waals surface area contributed by atoms with Gasteiger partial charge in [0.05, 0.1) is 18.4 Å². The van der Waals surface area contributed by atoms with Crippen molar-refractivity contribution < 1.29 is 9.26 Å². The van der Waals surface area contributed by atoms with Gasteiger partial charge in [-0.25, -0.2) is 0 Å². The summed E-state index contributed by atoms with van der Waals surface area (Å²) in [6.07, 6.45) is 4.20. The minimum absolute atomic E-state index is 0.418. The molecule has 0 amide bonds. The van der Waals surface area contributed by atoms with E-state index in [9.17, 15) is 0 Å². The fourth-order valence-electron chi connectivity index (χ4n) is 1.83. The Bertz CT molecular complexity index is 526. The van der Waals surface area contributed by atoms with Crippen molar-refractivity contribution in [2.45, 2.75) is 12.0 Å². The summed E-state index contributed by atoms with van der Waals surface area (Å²) in [6, 6.07) is 0. The van der Waals surface area contributed by atoms with Crippen molar-refractivity contribution in [3.8, 4) is 11.4 Å². The van der Waals surface area contributed by atoms with Crippen molar-refractivity contribution in [1.29, 1.82) is 0 Å². The lowest BCUT2D eigenvalue weighted by Crippen LogP contribution is -2.37. The third-order valence-electron chi connectivity index (χ3n) is 2.87. The zero-order chi connectivity index (χ0) is 11.9. The molecular formula is C10H13N5O2. The first-order valence-corrected chi connectivity index (χ1v) is 5.37. The lowest BCUT2D eigenvalue weighted by molar-refractivity contribution is 0.166. The number of rotatable bonds is 2. The first-order valence-electron chi connectivity index (χ1n) is 5.37. The number of aryl methyl sites for hydroxylation is 1. The summed E-state index contributed by atoms with van der Waals surface area (Å²) in [7, 11) is 1.83. The molecule has 1 unspecified atom stereocenters. The van der Waals surface area contributed by atoms with Gasteiger partial charge in [0.2, 0.25) is 11.7 Å². The van der Waals surface area contributed by atoms with E-state index >= 15 is 0 Å². The van der Waals surface area contributed by atoms with Gasteiger partial charge in [-0.3, -0.25) is 4.68 Å². The van der Waals surface area contributed by atoms with Crippen molar-refractivity contribution in [1.82, 2.24) is 19.9 Å². The molecule has 0 saturated carbocycles. The van der Waals surface area contributed by atoms with E-state index in [0.717, 1.165) is 5.56 Å². The van der Waals surface area contributed by atoms with Gasteiger partial charge in [0.1, 0.15) is 5.54 Å². The van der Waals surface area contributed by atoms with E-state index in [1.165, 1.54) is 0 Å². The second-order valence-corrected chi connectivity index (χ2v) is 4.28. The molecule has 0 aromatic carbocycles. The van der Waals surface area contributed by atoms with Gasteiger partial charge in [-0.05, 0) is 6.42 Å². The topological polar surface area (TPSA) is 92.0 Å². The van der Waals surface area contributed by atoms with Crippen molar-refractivity contribution in [3.05, 3.63) is 18.3 Å². The Balaban J connectivity index is 1.92. The van der Waals surface area contributed by atoms with Crippen LogP contribution in [0.4, 0.5) is 0 Å². The van der Waals surface area contributed by atoms with E-state index in [4.69, 9.17) is 15.0 Å². The number of ether oxygens (including phenoxy) is 1. The second-order valence-electron chi connectivity index (χ2n) is 4.28. The van der Waals surface area contributed by atoms with Gasteiger partial charge in [-0.2, -0.15) is 10.1 Å². The van der Waals surface area contributed by atoms with Gasteiger partial charge < -0.3 is 15.0 Å². The Labute approximate surface area is 97.6 Å². The van der Waals surface area contributed by atoms with Crippen LogP contribution in [0, 0.1) is 0 Å². The van der Waals surface area contributed by atoms with E-state index in [2.05, 4.69) is 15.2 Å². The summed E-state index contributed by atoms with van der Waals surface area (Å²) < 4.78 is 12.2. The Hall–Kier alpha value is -1.73. The summed E-state index contributed by atoms with van der Waals surface area (Å²) in [6.45, 7) is 1.04. The maximum Gasteiger partial charge on any atom is 0.249 e. The quantitative estimate of drug-likeness (QED) is 0.790. The summed E-state index contributed by atoms with van der Waals surface area (Å²) in [5, 5.41) is 7.97. The van der Waals surface area contributed by atoms with Crippen molar-refractivity contribution in [3.63, 3.8) is 0 Å². The van der Waals surface area contributed by atoms with E-state index < -0.39 is 5.54 Å². The Morgan fingerprint density at radius 1 is 1.53 bits per heavy atom. The predicted octanol–water partition coefficient (Wildman–Crippen LogP) is 0.0444. The van der Waals surface area contributed by atoms with E-state index in [-0.39, 0.29) is 0 Å². The van der Waals surface area contributed by atoms with Gasteiger partial charge in [0.25, 0.3) is 0 Å². The minimum Gasteiger partial charge on any atom is -0.379 e. The van der Waals surface area contributed by atoms with Gasteiger partial charge >= 0.3 is 0 Å². The molecule has 1 aliphatic heterocycles. The Morgan fingerprint density at radius 3 is 3.06 bits per heavy atom. The molecule has 2 N–H and O–H groups in total. The van der Waals surface area contributed by atoms with Crippen LogP contribution in [0.25, 0.3) is 11.4 Å². The highest BCUT2D eigenvalue weighted by Gasteiger charge is 2.38. The van der Waals surface area contributed by atoms with Crippen LogP contribution in [0.15, 0.2) is 16.9 Å². The summed E-state index contributed by atoms with van der Waals surface area (Å²) in [5.74, 6) is 0.929. The lowest BCUT2D eigenvalue weighted by atomic mass is 10.0. The average Bonchev–Trinajstić information content (AvgIpc) is 2.96. The maximum absolute atomic E-state index is 6.13. The SMILES string of the molecule is Cn1cc(-c2noc(C3(N)CCOC3)n2)cn1. The van der Waals surface area contributed by atoms with Crippen molar-refractivity contribution >= 4 is 0 Å². The zero-order valence-electron chi connectivity index (χ0n) is 9.46. The third-order valence-corrected chi connectivity index (χ3v) is 2.87. The molecule has 1 fully saturated rings. The molecule has 17 heavy (non-hydrogen) atoms. The number of nitrogens with two attached hydrogens (primary N) is 1. The van der Waals surface area contributed by atoms with Crippen LogP contribution in [0.1, 0.15) is 12.3 Å². The molecule has 2 aromatic heterocycles. The maximum atomic E-state index is 6.13. The van der Waals surface area contributed by atoms with Crippen LogP contribution >= 0.6 is 0 Å². The molecule has 7 heteroatoms. The Kier molecular flexibility index (Phi) is 2.23. The van der Waals surface area contributed by atoms with Crippen LogP contribution in [0.2, 0.25) is 0 Å². The standard InChI is InChI=1S/C10H13N5O2/c1-15-5-7(4-12-15)8-13-9(17-14-8)10(11)2-3-16-6-10/h4-5H,2-3,6,11H2,1H3. The van der Waals surface area contributed by atoms with Gasteiger partial charge in [-0.1, -0.05) is 5.16 Å². The molecule has 3 heterocycles. The first-order chi connectivity index (χ1) is 8.17. The molecule has 0 aliphatic carbocycles. The highest BCUT2D eigenvalue weighted by Crippen LogP contribution is 2.27. The van der Waals surface area contributed by atoms with Crippen LogP contribution in [-0.2, 0) is 17.3 Å². The zero-order valence-corrected chi connectivity index (χ0v) is 9.46. The lowest BCUT2D eigenvalue weighted by Gasteiger charge is -2.14. The van der Waals surface area contributed by atoms with Crippen molar-refractivity contribution in [2.75, 3.05) is 13.2 Å². The summed E-state index contributed by atoms with van der Waals surface area (Å²) in [5.41, 5.74) is 6.30. The number of aromatic nitrogens is 4. The summed E-state index contributed by atoms with van der Waals surface area (Å²) in [4.78, 5) is 4.31. The highest BCUT2D eigenvalue weighted by atomic mass is 16.5. The highest BCUT2D eigenvalue weighted by molar-refractivity contribution is 5.51. The smallest absolute Gasteiger partial charge is 0.249 e. The van der Waals surface area contributed by atoms with Crippen LogP contribution < -0.4 is 5.73 Å². The van der Waals surface area contributed by atoms with Crippen LogP contribution in [0.3, 0.4) is 0 Å². The van der Waals surface area contributed by atoms with Gasteiger partial charge in [-0.15, -0.1) is 0 Å². The van der Waals surface area contributed by atoms with E-state index in [1.807, 2.05) is 13.2 Å². The molecule has 0 radical (unpaired) electrons. The Morgan fingerprint density at radius 2 is 2.41 bits per heavy atom. The molecule has 0 bridgehead atoms. The molecule has 0 spiro atoms.